The smallest absolute Gasteiger partial charge is 0.125 e. The third kappa shape index (κ3) is 3.46. The van der Waals surface area contributed by atoms with Crippen LogP contribution in [0, 0.1) is 5.41 Å². The number of aromatic nitrogens is 1. The molecule has 0 amide bonds. The van der Waals surface area contributed by atoms with Gasteiger partial charge in [0.25, 0.3) is 0 Å². The largest absolute Gasteiger partial charge is 0.369 e. The lowest BCUT2D eigenvalue weighted by molar-refractivity contribution is 0.294. The maximum absolute atomic E-state index is 5.85. The van der Waals surface area contributed by atoms with Gasteiger partial charge in [-0.3, -0.25) is 0 Å². The van der Waals surface area contributed by atoms with Gasteiger partial charge in [0.2, 0.25) is 0 Å². The van der Waals surface area contributed by atoms with Crippen LogP contribution < -0.4 is 11.1 Å². The van der Waals surface area contributed by atoms with Crippen LogP contribution in [0.5, 0.6) is 0 Å². The summed E-state index contributed by atoms with van der Waals surface area (Å²) in [6.07, 6.45) is 3.97. The van der Waals surface area contributed by atoms with Crippen molar-refractivity contribution >= 4 is 21.7 Å². The van der Waals surface area contributed by atoms with E-state index in [1.54, 1.807) is 6.20 Å². The van der Waals surface area contributed by atoms with E-state index in [0.717, 1.165) is 29.7 Å². The summed E-state index contributed by atoms with van der Waals surface area (Å²) < 4.78 is 0.995. The summed E-state index contributed by atoms with van der Waals surface area (Å²) in [5.74, 6) is 0.905. The molecule has 0 atom stereocenters. The molecular formula is C12H20BrN3. The van der Waals surface area contributed by atoms with E-state index in [0.29, 0.717) is 6.54 Å². The van der Waals surface area contributed by atoms with Crippen molar-refractivity contribution in [1.29, 1.82) is 0 Å². The fourth-order valence-electron chi connectivity index (χ4n) is 1.62. The summed E-state index contributed by atoms with van der Waals surface area (Å²) >= 11 is 3.37. The number of halogens is 1. The Morgan fingerprint density at radius 1 is 1.38 bits per heavy atom. The Bertz CT molecular complexity index is 298. The van der Waals surface area contributed by atoms with Crippen LogP contribution in [0.1, 0.15) is 26.7 Å². The lowest BCUT2D eigenvalue weighted by atomic mass is 9.82. The molecule has 1 rings (SSSR count). The molecule has 0 aromatic carbocycles. The van der Waals surface area contributed by atoms with Crippen LogP contribution in [0.25, 0.3) is 0 Å². The van der Waals surface area contributed by atoms with E-state index in [1.807, 2.05) is 12.1 Å². The Kier molecular flexibility index (Phi) is 5.22. The van der Waals surface area contributed by atoms with E-state index in [9.17, 15) is 0 Å². The van der Waals surface area contributed by atoms with Crippen LogP contribution in [0.15, 0.2) is 22.8 Å². The van der Waals surface area contributed by atoms with Gasteiger partial charge in [0, 0.05) is 17.2 Å². The van der Waals surface area contributed by atoms with Crippen molar-refractivity contribution in [2.75, 3.05) is 18.4 Å². The van der Waals surface area contributed by atoms with Crippen LogP contribution in [0.3, 0.4) is 0 Å². The molecule has 0 aliphatic rings. The Morgan fingerprint density at radius 2 is 2.06 bits per heavy atom. The van der Waals surface area contributed by atoms with Gasteiger partial charge >= 0.3 is 0 Å². The summed E-state index contributed by atoms with van der Waals surface area (Å²) in [6, 6.07) is 3.95. The van der Waals surface area contributed by atoms with Gasteiger partial charge in [-0.1, -0.05) is 13.8 Å². The molecule has 0 aliphatic carbocycles. The number of anilines is 1. The van der Waals surface area contributed by atoms with Gasteiger partial charge < -0.3 is 11.1 Å². The van der Waals surface area contributed by atoms with Crippen LogP contribution in [-0.4, -0.2) is 18.1 Å². The summed E-state index contributed by atoms with van der Waals surface area (Å²) in [5, 5.41) is 3.35. The zero-order valence-electron chi connectivity index (χ0n) is 9.96. The van der Waals surface area contributed by atoms with Crippen molar-refractivity contribution in [3.05, 3.63) is 22.8 Å². The molecule has 0 radical (unpaired) electrons. The summed E-state index contributed by atoms with van der Waals surface area (Å²) in [6.45, 7) is 5.97. The maximum atomic E-state index is 5.85. The standard InChI is InChI=1S/C12H20BrN3/c1-3-12(4-2,8-14)9-16-11-6-5-10(13)7-15-11/h5-7H,3-4,8-9,14H2,1-2H3,(H,15,16). The Hall–Kier alpha value is -0.610. The van der Waals surface area contributed by atoms with E-state index in [1.165, 1.54) is 0 Å². The van der Waals surface area contributed by atoms with Gasteiger partial charge in [0.15, 0.2) is 0 Å². The third-order valence-corrected chi connectivity index (χ3v) is 3.77. The quantitative estimate of drug-likeness (QED) is 0.845. The lowest BCUT2D eigenvalue weighted by Crippen LogP contribution is -2.36. The minimum atomic E-state index is 0.189. The molecule has 90 valence electrons. The van der Waals surface area contributed by atoms with Crippen molar-refractivity contribution in [2.24, 2.45) is 11.1 Å². The minimum absolute atomic E-state index is 0.189. The molecule has 0 saturated heterocycles. The monoisotopic (exact) mass is 285 g/mol. The molecule has 0 spiro atoms. The summed E-state index contributed by atoms with van der Waals surface area (Å²) in [7, 11) is 0. The summed E-state index contributed by atoms with van der Waals surface area (Å²) in [4.78, 5) is 4.29. The highest BCUT2D eigenvalue weighted by atomic mass is 79.9. The molecule has 3 nitrogen and oxygen atoms in total. The second-order valence-corrected chi connectivity index (χ2v) is 5.04. The molecular weight excluding hydrogens is 266 g/mol. The average Bonchev–Trinajstić information content (AvgIpc) is 2.34. The third-order valence-electron chi connectivity index (χ3n) is 3.30. The van der Waals surface area contributed by atoms with Crippen molar-refractivity contribution < 1.29 is 0 Å². The topological polar surface area (TPSA) is 50.9 Å². The molecule has 0 bridgehead atoms. The first kappa shape index (κ1) is 13.5. The predicted octanol–water partition coefficient (Wildman–Crippen LogP) is 3.02. The maximum Gasteiger partial charge on any atom is 0.125 e. The fourth-order valence-corrected chi connectivity index (χ4v) is 1.85. The number of rotatable bonds is 6. The van der Waals surface area contributed by atoms with Gasteiger partial charge in [-0.2, -0.15) is 0 Å². The van der Waals surface area contributed by atoms with Crippen LogP contribution >= 0.6 is 15.9 Å². The number of nitrogens with zero attached hydrogens (tertiary/aromatic N) is 1. The number of pyridine rings is 1. The molecule has 16 heavy (non-hydrogen) atoms. The van der Waals surface area contributed by atoms with E-state index in [-0.39, 0.29) is 5.41 Å². The van der Waals surface area contributed by atoms with Crippen LogP contribution in [-0.2, 0) is 0 Å². The first-order chi connectivity index (χ1) is 7.65. The molecule has 3 N–H and O–H groups in total. The van der Waals surface area contributed by atoms with Crippen LogP contribution in [0.2, 0.25) is 0 Å². The predicted molar refractivity (Wildman–Crippen MR) is 72.5 cm³/mol. The zero-order valence-corrected chi connectivity index (χ0v) is 11.5. The van der Waals surface area contributed by atoms with Gasteiger partial charge in [0.05, 0.1) is 0 Å². The molecule has 1 aromatic rings. The number of hydrogen-bond donors (Lipinski definition) is 2. The lowest BCUT2D eigenvalue weighted by Gasteiger charge is -2.30. The Balaban J connectivity index is 2.58. The highest BCUT2D eigenvalue weighted by Crippen LogP contribution is 2.25. The molecule has 0 aliphatic heterocycles. The van der Waals surface area contributed by atoms with Crippen molar-refractivity contribution in [3.8, 4) is 0 Å². The number of nitrogens with two attached hydrogens (primary N) is 1. The fraction of sp³-hybridized carbons (Fsp3) is 0.583. The Labute approximate surface area is 106 Å². The second-order valence-electron chi connectivity index (χ2n) is 4.13. The number of hydrogen-bond acceptors (Lipinski definition) is 3. The van der Waals surface area contributed by atoms with E-state index >= 15 is 0 Å². The normalized spacial score (nSPS) is 11.5. The average molecular weight is 286 g/mol. The van der Waals surface area contributed by atoms with E-state index < -0.39 is 0 Å². The van der Waals surface area contributed by atoms with Crippen molar-refractivity contribution in [2.45, 2.75) is 26.7 Å². The van der Waals surface area contributed by atoms with E-state index in [4.69, 9.17) is 5.73 Å². The van der Waals surface area contributed by atoms with Gasteiger partial charge in [-0.05, 0) is 52.9 Å². The number of nitrogens with one attached hydrogen (secondary N) is 1. The molecule has 0 saturated carbocycles. The van der Waals surface area contributed by atoms with E-state index in [2.05, 4.69) is 40.1 Å². The van der Waals surface area contributed by atoms with Crippen LogP contribution in [0.4, 0.5) is 5.82 Å². The van der Waals surface area contributed by atoms with Crippen molar-refractivity contribution in [3.63, 3.8) is 0 Å². The Morgan fingerprint density at radius 3 is 2.50 bits per heavy atom. The first-order valence-electron chi connectivity index (χ1n) is 5.71. The highest BCUT2D eigenvalue weighted by molar-refractivity contribution is 9.10. The van der Waals surface area contributed by atoms with Gasteiger partial charge in [0.1, 0.15) is 5.82 Å². The van der Waals surface area contributed by atoms with Gasteiger partial charge in [-0.15, -0.1) is 0 Å². The molecule has 1 aromatic heterocycles. The van der Waals surface area contributed by atoms with Crippen molar-refractivity contribution in [1.82, 2.24) is 4.98 Å². The second kappa shape index (κ2) is 6.21. The summed E-state index contributed by atoms with van der Waals surface area (Å²) in [5.41, 5.74) is 6.04. The first-order valence-corrected chi connectivity index (χ1v) is 6.50. The highest BCUT2D eigenvalue weighted by Gasteiger charge is 2.23. The zero-order chi connectivity index (χ0) is 12.0. The molecule has 4 heteroatoms. The van der Waals surface area contributed by atoms with Gasteiger partial charge in [-0.25, -0.2) is 4.98 Å². The molecule has 0 unspecified atom stereocenters. The SMILES string of the molecule is CCC(CC)(CN)CNc1ccc(Br)cn1. The molecule has 1 heterocycles. The minimum Gasteiger partial charge on any atom is -0.369 e. The molecule has 0 fully saturated rings.